The third-order valence-electron chi connectivity index (χ3n) is 4.45. The highest BCUT2D eigenvalue weighted by molar-refractivity contribution is 7.13. The van der Waals surface area contributed by atoms with E-state index in [1.165, 1.54) is 16.2 Å². The Morgan fingerprint density at radius 3 is 2.54 bits per heavy atom. The average molecular weight is 361 g/mol. The second-order valence-electron chi connectivity index (χ2n) is 5.88. The van der Waals surface area contributed by atoms with Crippen LogP contribution < -0.4 is 10.3 Å². The first kappa shape index (κ1) is 15.0. The van der Waals surface area contributed by atoms with Gasteiger partial charge < -0.3 is 4.42 Å². The van der Waals surface area contributed by atoms with Crippen LogP contribution >= 0.6 is 11.3 Å². The largest absolute Gasteiger partial charge is 0.450 e. The maximum atomic E-state index is 13.2. The summed E-state index contributed by atoms with van der Waals surface area (Å²) < 4.78 is 5.84. The van der Waals surface area contributed by atoms with E-state index in [-0.39, 0.29) is 17.1 Å². The molecule has 0 fully saturated rings. The molecule has 3 heterocycles. The van der Waals surface area contributed by atoms with Crippen molar-refractivity contribution in [2.45, 2.75) is 6.04 Å². The fourth-order valence-electron chi connectivity index (χ4n) is 3.34. The Kier molecular flexibility index (Phi) is 3.23. The van der Waals surface area contributed by atoms with Crippen molar-refractivity contribution in [1.29, 1.82) is 0 Å². The van der Waals surface area contributed by atoms with E-state index in [2.05, 4.69) is 10.2 Å². The number of hydrogen-bond acceptors (Lipinski definition) is 6. The molecule has 0 unspecified atom stereocenters. The van der Waals surface area contributed by atoms with Gasteiger partial charge in [0.2, 0.25) is 10.9 Å². The predicted octanol–water partition coefficient (Wildman–Crippen LogP) is 3.39. The zero-order chi connectivity index (χ0) is 17.7. The van der Waals surface area contributed by atoms with Gasteiger partial charge in [0, 0.05) is 0 Å². The molecule has 0 saturated carbocycles. The van der Waals surface area contributed by atoms with E-state index in [0.717, 1.165) is 5.56 Å². The maximum absolute atomic E-state index is 13.2. The molecule has 1 atom stereocenters. The monoisotopic (exact) mass is 361 g/mol. The Morgan fingerprint density at radius 1 is 1.00 bits per heavy atom. The van der Waals surface area contributed by atoms with Crippen LogP contribution in [0.5, 0.6) is 0 Å². The summed E-state index contributed by atoms with van der Waals surface area (Å²) in [6.07, 6.45) is 0. The quantitative estimate of drug-likeness (QED) is 0.547. The van der Waals surface area contributed by atoms with Gasteiger partial charge in [-0.1, -0.05) is 53.8 Å². The molecule has 1 amide bonds. The normalized spacial score (nSPS) is 16.2. The molecule has 1 aliphatic rings. The summed E-state index contributed by atoms with van der Waals surface area (Å²) >= 11 is 1.24. The van der Waals surface area contributed by atoms with Gasteiger partial charge >= 0.3 is 0 Å². The summed E-state index contributed by atoms with van der Waals surface area (Å²) in [4.78, 5) is 27.8. The maximum Gasteiger partial charge on any atom is 0.297 e. The third kappa shape index (κ3) is 2.04. The Labute approximate surface area is 151 Å². The molecule has 0 spiro atoms. The van der Waals surface area contributed by atoms with Gasteiger partial charge in [0.15, 0.2) is 5.43 Å². The van der Waals surface area contributed by atoms with Crippen molar-refractivity contribution in [2.75, 3.05) is 4.90 Å². The van der Waals surface area contributed by atoms with Crippen molar-refractivity contribution in [3.05, 3.63) is 87.2 Å². The lowest BCUT2D eigenvalue weighted by Crippen LogP contribution is -2.29. The second kappa shape index (κ2) is 5.60. The second-order valence-corrected chi connectivity index (χ2v) is 6.69. The first-order valence-corrected chi connectivity index (χ1v) is 8.84. The Bertz CT molecular complexity index is 1190. The van der Waals surface area contributed by atoms with Crippen LogP contribution in [0.4, 0.5) is 5.13 Å². The van der Waals surface area contributed by atoms with Crippen molar-refractivity contribution in [2.24, 2.45) is 0 Å². The minimum Gasteiger partial charge on any atom is -0.450 e. The summed E-state index contributed by atoms with van der Waals surface area (Å²) in [6.45, 7) is 0. The Balaban J connectivity index is 1.85. The van der Waals surface area contributed by atoms with Gasteiger partial charge in [-0.05, 0) is 17.7 Å². The molecule has 126 valence electrons. The smallest absolute Gasteiger partial charge is 0.297 e. The van der Waals surface area contributed by atoms with Crippen molar-refractivity contribution < 1.29 is 9.21 Å². The highest BCUT2D eigenvalue weighted by Gasteiger charge is 2.44. The zero-order valence-electron chi connectivity index (χ0n) is 13.3. The third-order valence-corrected chi connectivity index (χ3v) is 5.14. The molecular weight excluding hydrogens is 350 g/mol. The van der Waals surface area contributed by atoms with Crippen molar-refractivity contribution in [3.8, 4) is 0 Å². The summed E-state index contributed by atoms with van der Waals surface area (Å²) in [5.74, 6) is -0.314. The van der Waals surface area contributed by atoms with E-state index >= 15 is 0 Å². The van der Waals surface area contributed by atoms with Crippen LogP contribution in [0.25, 0.3) is 11.0 Å². The number of hydrogen-bond donors (Lipinski definition) is 0. The number of carbonyl (C=O) groups is 1. The molecule has 6 nitrogen and oxygen atoms in total. The van der Waals surface area contributed by atoms with Gasteiger partial charge in [-0.25, -0.2) is 0 Å². The van der Waals surface area contributed by atoms with E-state index in [9.17, 15) is 9.59 Å². The fourth-order valence-corrected chi connectivity index (χ4v) is 3.92. The summed E-state index contributed by atoms with van der Waals surface area (Å²) in [6, 6.07) is 15.8. The van der Waals surface area contributed by atoms with Crippen LogP contribution in [-0.4, -0.2) is 16.1 Å². The molecule has 26 heavy (non-hydrogen) atoms. The standard InChI is InChI=1S/C19H11N3O3S/c23-16-12-8-4-5-9-13(12)25-17-14(16)15(11-6-2-1-3-7-11)22(18(17)24)19-21-20-10-26-19/h1-10,15H/t15-/m0/s1. The molecule has 0 bridgehead atoms. The molecule has 0 N–H and O–H groups in total. The first-order valence-electron chi connectivity index (χ1n) is 7.96. The number of carbonyl (C=O) groups excluding carboxylic acids is 1. The lowest BCUT2D eigenvalue weighted by atomic mass is 9.99. The number of fused-ring (bicyclic) bond motifs is 2. The highest BCUT2D eigenvalue weighted by Crippen LogP contribution is 2.41. The number of para-hydroxylation sites is 1. The van der Waals surface area contributed by atoms with Crippen LogP contribution in [0.3, 0.4) is 0 Å². The van der Waals surface area contributed by atoms with Crippen molar-refractivity contribution in [1.82, 2.24) is 10.2 Å². The number of amides is 1. The van der Waals surface area contributed by atoms with Crippen LogP contribution in [0.15, 0.2) is 69.3 Å². The lowest BCUT2D eigenvalue weighted by molar-refractivity contribution is 0.0970. The van der Waals surface area contributed by atoms with Crippen LogP contribution in [0, 0.1) is 0 Å². The topological polar surface area (TPSA) is 76.3 Å². The van der Waals surface area contributed by atoms with E-state index in [1.54, 1.807) is 29.8 Å². The number of rotatable bonds is 2. The van der Waals surface area contributed by atoms with E-state index < -0.39 is 6.04 Å². The SMILES string of the molecule is O=C1c2oc3ccccc3c(=O)c2[C@H](c2ccccc2)N1c1nncs1. The van der Waals surface area contributed by atoms with Crippen molar-refractivity contribution in [3.63, 3.8) is 0 Å². The predicted molar refractivity (Wildman–Crippen MR) is 97.5 cm³/mol. The molecule has 2 aromatic carbocycles. The summed E-state index contributed by atoms with van der Waals surface area (Å²) in [5.41, 5.74) is 2.92. The molecule has 7 heteroatoms. The van der Waals surface area contributed by atoms with Gasteiger partial charge in [0.1, 0.15) is 11.1 Å². The van der Waals surface area contributed by atoms with Crippen molar-refractivity contribution >= 4 is 33.3 Å². The van der Waals surface area contributed by atoms with Gasteiger partial charge in [0.05, 0.1) is 17.0 Å². The Hall–Kier alpha value is -3.32. The molecule has 0 radical (unpaired) electrons. The Morgan fingerprint density at radius 2 is 1.77 bits per heavy atom. The lowest BCUT2D eigenvalue weighted by Gasteiger charge is -2.21. The van der Waals surface area contributed by atoms with Crippen LogP contribution in [0.2, 0.25) is 0 Å². The van der Waals surface area contributed by atoms with Gasteiger partial charge in [0.25, 0.3) is 5.91 Å². The first-order chi connectivity index (χ1) is 12.8. The average Bonchev–Trinajstić information content (AvgIpc) is 3.30. The minimum absolute atomic E-state index is 0.0674. The minimum atomic E-state index is -0.590. The molecule has 0 saturated heterocycles. The van der Waals surface area contributed by atoms with Crippen LogP contribution in [-0.2, 0) is 0 Å². The van der Waals surface area contributed by atoms with Gasteiger partial charge in [-0.2, -0.15) is 0 Å². The van der Waals surface area contributed by atoms with E-state index in [4.69, 9.17) is 4.42 Å². The summed E-state index contributed by atoms with van der Waals surface area (Å²) in [7, 11) is 0. The zero-order valence-corrected chi connectivity index (χ0v) is 14.1. The van der Waals surface area contributed by atoms with Gasteiger partial charge in [-0.15, -0.1) is 10.2 Å². The number of benzene rings is 2. The molecule has 2 aromatic heterocycles. The molecule has 0 aliphatic carbocycles. The van der Waals surface area contributed by atoms with E-state index in [1.807, 2.05) is 30.3 Å². The number of aromatic nitrogens is 2. The molecule has 1 aliphatic heterocycles. The number of nitrogens with zero attached hydrogens (tertiary/aromatic N) is 3. The number of anilines is 1. The fraction of sp³-hybridized carbons (Fsp3) is 0.0526. The van der Waals surface area contributed by atoms with E-state index in [0.29, 0.717) is 21.7 Å². The molecular formula is C19H11N3O3S. The summed E-state index contributed by atoms with van der Waals surface area (Å²) in [5, 5.41) is 8.76. The van der Waals surface area contributed by atoms with Gasteiger partial charge in [-0.3, -0.25) is 14.5 Å². The van der Waals surface area contributed by atoms with Crippen LogP contribution in [0.1, 0.15) is 27.7 Å². The highest BCUT2D eigenvalue weighted by atomic mass is 32.1. The molecule has 5 rings (SSSR count). The molecule has 4 aromatic rings.